The van der Waals surface area contributed by atoms with Crippen molar-refractivity contribution in [1.82, 2.24) is 0 Å². The number of Topliss-reactive ketones (excluding diaryl/α,β-unsaturated/α-hetero) is 1. The van der Waals surface area contributed by atoms with Gasteiger partial charge in [0, 0.05) is 17.0 Å². The molecule has 4 heteroatoms. The van der Waals surface area contributed by atoms with E-state index in [1.807, 2.05) is 0 Å². The fourth-order valence-corrected chi connectivity index (χ4v) is 1.85. The van der Waals surface area contributed by atoms with E-state index in [9.17, 15) is 9.18 Å². The van der Waals surface area contributed by atoms with E-state index >= 15 is 0 Å². The molecular weight excluding hydrogens is 214 g/mol. The van der Waals surface area contributed by atoms with Crippen LogP contribution >= 0.6 is 23.2 Å². The summed E-state index contributed by atoms with van der Waals surface area (Å²) in [5.74, 6) is -0.688. The lowest BCUT2D eigenvalue weighted by atomic mass is 10.1. The highest BCUT2D eigenvalue weighted by atomic mass is 35.5. The molecule has 0 spiro atoms. The fourth-order valence-electron chi connectivity index (χ4n) is 1.43. The van der Waals surface area contributed by atoms with Crippen LogP contribution in [-0.4, -0.2) is 10.9 Å². The molecular formula is C9H5Cl2FO. The van der Waals surface area contributed by atoms with Crippen molar-refractivity contribution in [2.75, 3.05) is 0 Å². The molecule has 68 valence electrons. The van der Waals surface area contributed by atoms with E-state index in [-0.39, 0.29) is 6.42 Å². The second-order valence-corrected chi connectivity index (χ2v) is 4.05. The standard InChI is InChI=1S/C9H5Cl2FO/c10-6-2-1-5-4-9(11,12)8(13)7(5)3-6/h1-3H,4H2. The molecule has 0 fully saturated rings. The zero-order valence-corrected chi connectivity index (χ0v) is 7.99. The molecule has 0 amide bonds. The van der Waals surface area contributed by atoms with Gasteiger partial charge in [-0.25, -0.2) is 4.39 Å². The number of rotatable bonds is 0. The van der Waals surface area contributed by atoms with Crippen LogP contribution in [0.25, 0.3) is 0 Å². The van der Waals surface area contributed by atoms with Crippen LogP contribution in [0.5, 0.6) is 0 Å². The Morgan fingerprint density at radius 1 is 1.46 bits per heavy atom. The van der Waals surface area contributed by atoms with Gasteiger partial charge < -0.3 is 0 Å². The van der Waals surface area contributed by atoms with E-state index in [0.29, 0.717) is 16.1 Å². The number of halogens is 3. The summed E-state index contributed by atoms with van der Waals surface area (Å²) >= 11 is 11.0. The Morgan fingerprint density at radius 3 is 2.85 bits per heavy atom. The molecule has 0 aliphatic heterocycles. The maximum atomic E-state index is 13.3. The minimum absolute atomic E-state index is 0.0696. The highest BCUT2D eigenvalue weighted by Crippen LogP contribution is 2.37. The highest BCUT2D eigenvalue weighted by Gasteiger charge is 2.44. The number of fused-ring (bicyclic) bond motifs is 1. The van der Waals surface area contributed by atoms with Crippen LogP contribution in [0.4, 0.5) is 4.39 Å². The quantitative estimate of drug-likeness (QED) is 0.613. The number of alkyl halides is 2. The van der Waals surface area contributed by atoms with E-state index in [1.165, 1.54) is 6.07 Å². The van der Waals surface area contributed by atoms with Gasteiger partial charge in [0.05, 0.1) is 0 Å². The third-order valence-electron chi connectivity index (χ3n) is 2.06. The molecule has 0 saturated heterocycles. The monoisotopic (exact) mass is 218 g/mol. The van der Waals surface area contributed by atoms with Crippen molar-refractivity contribution < 1.29 is 9.18 Å². The lowest BCUT2D eigenvalue weighted by Gasteiger charge is -2.04. The smallest absolute Gasteiger partial charge is 0.249 e. The molecule has 1 nitrogen and oxygen atoms in total. The predicted molar refractivity (Wildman–Crippen MR) is 49.2 cm³/mol. The molecule has 0 heterocycles. The zero-order chi connectivity index (χ0) is 9.64. The SMILES string of the molecule is O=C1c2cc(Cl)ccc2CC1(F)Cl. The molecule has 0 N–H and O–H groups in total. The van der Waals surface area contributed by atoms with Crippen molar-refractivity contribution in [3.05, 3.63) is 34.3 Å². The van der Waals surface area contributed by atoms with Crippen LogP contribution < -0.4 is 0 Å². The van der Waals surface area contributed by atoms with Gasteiger partial charge in [0.1, 0.15) is 0 Å². The summed E-state index contributed by atoms with van der Waals surface area (Å²) in [7, 11) is 0. The van der Waals surface area contributed by atoms with Gasteiger partial charge in [-0.15, -0.1) is 0 Å². The van der Waals surface area contributed by atoms with Crippen molar-refractivity contribution in [1.29, 1.82) is 0 Å². The molecule has 1 aliphatic rings. The first-order chi connectivity index (χ1) is 6.00. The molecule has 0 aromatic heterocycles. The molecule has 0 saturated carbocycles. The van der Waals surface area contributed by atoms with Crippen LogP contribution in [0, 0.1) is 0 Å². The van der Waals surface area contributed by atoms with Gasteiger partial charge in [-0.05, 0) is 17.7 Å². The summed E-state index contributed by atoms with van der Waals surface area (Å²) in [6.07, 6.45) is -0.0696. The molecule has 1 unspecified atom stereocenters. The average molecular weight is 219 g/mol. The summed E-state index contributed by atoms with van der Waals surface area (Å²) in [6.45, 7) is 0. The number of carbonyl (C=O) groups is 1. The van der Waals surface area contributed by atoms with Gasteiger partial charge in [0.15, 0.2) is 0 Å². The molecule has 1 aliphatic carbocycles. The van der Waals surface area contributed by atoms with Crippen LogP contribution in [0.15, 0.2) is 18.2 Å². The van der Waals surface area contributed by atoms with E-state index in [4.69, 9.17) is 23.2 Å². The lowest BCUT2D eigenvalue weighted by molar-refractivity contribution is 0.0855. The Morgan fingerprint density at radius 2 is 2.15 bits per heavy atom. The lowest BCUT2D eigenvalue weighted by Crippen LogP contribution is -2.22. The highest BCUT2D eigenvalue weighted by molar-refractivity contribution is 6.39. The van der Waals surface area contributed by atoms with Gasteiger partial charge in [-0.2, -0.15) is 0 Å². The van der Waals surface area contributed by atoms with E-state index in [2.05, 4.69) is 0 Å². The van der Waals surface area contributed by atoms with E-state index in [0.717, 1.165) is 0 Å². The number of carbonyl (C=O) groups excluding carboxylic acids is 1. The average Bonchev–Trinajstić information content (AvgIpc) is 2.26. The van der Waals surface area contributed by atoms with Crippen LogP contribution in [0.1, 0.15) is 15.9 Å². The zero-order valence-electron chi connectivity index (χ0n) is 6.48. The van der Waals surface area contributed by atoms with E-state index < -0.39 is 10.9 Å². The predicted octanol–water partition coefficient (Wildman–Crippen LogP) is 2.98. The first-order valence-electron chi connectivity index (χ1n) is 3.72. The molecule has 0 bridgehead atoms. The summed E-state index contributed by atoms with van der Waals surface area (Å²) in [6, 6.07) is 4.69. The number of ketones is 1. The Labute approximate surface area is 84.5 Å². The number of hydrogen-bond donors (Lipinski definition) is 0. The molecule has 2 rings (SSSR count). The third-order valence-corrected chi connectivity index (χ3v) is 2.60. The number of benzene rings is 1. The summed E-state index contributed by atoms with van der Waals surface area (Å²) in [4.78, 5) is 11.3. The topological polar surface area (TPSA) is 17.1 Å². The van der Waals surface area contributed by atoms with Gasteiger partial charge in [-0.1, -0.05) is 29.3 Å². The summed E-state index contributed by atoms with van der Waals surface area (Å²) in [5.41, 5.74) is 0.914. The molecule has 13 heavy (non-hydrogen) atoms. The normalized spacial score (nSPS) is 26.2. The maximum absolute atomic E-state index is 13.3. The summed E-state index contributed by atoms with van der Waals surface area (Å²) < 4.78 is 13.3. The molecule has 1 atom stereocenters. The molecule has 0 radical (unpaired) electrons. The molecule has 1 aromatic rings. The van der Waals surface area contributed by atoms with Crippen LogP contribution in [0.2, 0.25) is 5.02 Å². The van der Waals surface area contributed by atoms with Gasteiger partial charge in [-0.3, -0.25) is 4.79 Å². The van der Waals surface area contributed by atoms with Crippen molar-refractivity contribution in [2.24, 2.45) is 0 Å². The van der Waals surface area contributed by atoms with Crippen LogP contribution in [0.3, 0.4) is 0 Å². The molecule has 1 aromatic carbocycles. The van der Waals surface area contributed by atoms with Crippen molar-refractivity contribution >= 4 is 29.0 Å². The Balaban J connectivity index is 2.57. The minimum Gasteiger partial charge on any atom is -0.289 e. The van der Waals surface area contributed by atoms with Crippen molar-refractivity contribution in [3.63, 3.8) is 0 Å². The number of hydrogen-bond acceptors (Lipinski definition) is 1. The first kappa shape index (κ1) is 8.97. The fraction of sp³-hybridized carbons (Fsp3) is 0.222. The Bertz CT molecular complexity index is 387. The van der Waals surface area contributed by atoms with Gasteiger partial charge >= 0.3 is 0 Å². The summed E-state index contributed by atoms with van der Waals surface area (Å²) in [5, 5.41) is -1.85. The second kappa shape index (κ2) is 2.69. The van der Waals surface area contributed by atoms with E-state index in [1.54, 1.807) is 12.1 Å². The van der Waals surface area contributed by atoms with Gasteiger partial charge in [0.25, 0.3) is 0 Å². The largest absolute Gasteiger partial charge is 0.289 e. The maximum Gasteiger partial charge on any atom is 0.249 e. The van der Waals surface area contributed by atoms with Crippen LogP contribution in [-0.2, 0) is 6.42 Å². The Hall–Kier alpha value is -0.600. The van der Waals surface area contributed by atoms with Gasteiger partial charge in [0.2, 0.25) is 10.9 Å². The Kier molecular flexibility index (Phi) is 1.86. The first-order valence-corrected chi connectivity index (χ1v) is 4.47. The third kappa shape index (κ3) is 1.34. The minimum atomic E-state index is -2.27. The van der Waals surface area contributed by atoms with Crippen molar-refractivity contribution in [3.8, 4) is 0 Å². The van der Waals surface area contributed by atoms with Crippen molar-refractivity contribution in [2.45, 2.75) is 11.5 Å². The second-order valence-electron chi connectivity index (χ2n) is 3.01.